The van der Waals surface area contributed by atoms with Gasteiger partial charge in [-0.3, -0.25) is 4.68 Å². The Balaban J connectivity index is 2.43. The lowest BCUT2D eigenvalue weighted by Crippen LogP contribution is -2.18. The van der Waals surface area contributed by atoms with E-state index in [2.05, 4.69) is 14.7 Å². The van der Waals surface area contributed by atoms with Gasteiger partial charge in [-0.05, 0) is 25.4 Å². The highest BCUT2D eigenvalue weighted by Gasteiger charge is 2.21. The molecule has 0 aliphatic rings. The van der Waals surface area contributed by atoms with E-state index < -0.39 is 0 Å². The summed E-state index contributed by atoms with van der Waals surface area (Å²) in [6.07, 6.45) is 3.27. The zero-order chi connectivity index (χ0) is 11.7. The molecule has 7 heteroatoms. The van der Waals surface area contributed by atoms with Gasteiger partial charge in [0.25, 0.3) is 0 Å². The lowest BCUT2D eigenvalue weighted by atomic mass is 10.2. The van der Waals surface area contributed by atoms with Crippen LogP contribution in [0.5, 0.6) is 0 Å². The van der Waals surface area contributed by atoms with E-state index in [1.54, 1.807) is 12.4 Å². The second-order valence-corrected chi connectivity index (χ2v) is 4.94. The van der Waals surface area contributed by atoms with Crippen LogP contribution in [0.1, 0.15) is 36.5 Å². The predicted molar refractivity (Wildman–Crippen MR) is 63.6 cm³/mol. The van der Waals surface area contributed by atoms with Gasteiger partial charge < -0.3 is 5.73 Å². The minimum absolute atomic E-state index is 0.217. The minimum atomic E-state index is -0.322. The van der Waals surface area contributed by atoms with Gasteiger partial charge in [-0.2, -0.15) is 5.10 Å². The molecule has 2 aromatic rings. The van der Waals surface area contributed by atoms with Crippen molar-refractivity contribution in [1.82, 2.24) is 19.4 Å². The summed E-state index contributed by atoms with van der Waals surface area (Å²) in [5, 5.41) is 8.57. The fourth-order valence-electron chi connectivity index (χ4n) is 1.50. The third-order valence-corrected chi connectivity index (χ3v) is 3.29. The Labute approximate surface area is 102 Å². The standard InChI is InChI=1S/C9H12ClN5S/c1-5(2)15-9(6(10)3-13-15)8(11)7-4-12-14-16-7/h3-5,8H,11H2,1-2H3. The van der Waals surface area contributed by atoms with Crippen molar-refractivity contribution >= 4 is 23.1 Å². The summed E-state index contributed by atoms with van der Waals surface area (Å²) in [4.78, 5) is 0.879. The summed E-state index contributed by atoms with van der Waals surface area (Å²) < 4.78 is 5.62. The molecule has 0 saturated carbocycles. The van der Waals surface area contributed by atoms with Gasteiger partial charge in [0.15, 0.2) is 0 Å². The molecule has 0 fully saturated rings. The van der Waals surface area contributed by atoms with Crippen molar-refractivity contribution in [2.24, 2.45) is 5.73 Å². The fourth-order valence-corrected chi connectivity index (χ4v) is 2.26. The van der Waals surface area contributed by atoms with E-state index in [0.717, 1.165) is 10.6 Å². The SMILES string of the molecule is CC(C)n1ncc(Cl)c1C(N)c1cnns1. The molecule has 0 spiro atoms. The first kappa shape index (κ1) is 11.5. The van der Waals surface area contributed by atoms with Crippen LogP contribution in [0, 0.1) is 0 Å². The van der Waals surface area contributed by atoms with Gasteiger partial charge >= 0.3 is 0 Å². The van der Waals surface area contributed by atoms with Crippen LogP contribution in [0.3, 0.4) is 0 Å². The summed E-state index contributed by atoms with van der Waals surface area (Å²) in [5.74, 6) is 0. The average Bonchev–Trinajstić information content (AvgIpc) is 2.84. The Kier molecular flexibility index (Phi) is 3.22. The first-order valence-electron chi connectivity index (χ1n) is 4.87. The van der Waals surface area contributed by atoms with Crippen molar-refractivity contribution in [3.8, 4) is 0 Å². The van der Waals surface area contributed by atoms with Crippen molar-refractivity contribution in [3.05, 3.63) is 28.0 Å². The molecule has 1 atom stereocenters. The van der Waals surface area contributed by atoms with Crippen LogP contribution >= 0.6 is 23.1 Å². The molecule has 1 unspecified atom stereocenters. The quantitative estimate of drug-likeness (QED) is 0.913. The second kappa shape index (κ2) is 4.48. The molecular formula is C9H12ClN5S. The number of nitrogens with two attached hydrogens (primary N) is 1. The van der Waals surface area contributed by atoms with Gasteiger partial charge in [0.1, 0.15) is 0 Å². The van der Waals surface area contributed by atoms with Gasteiger partial charge in [0.05, 0.1) is 34.0 Å². The van der Waals surface area contributed by atoms with Gasteiger partial charge in [0.2, 0.25) is 0 Å². The topological polar surface area (TPSA) is 69.6 Å². The van der Waals surface area contributed by atoms with E-state index in [0.29, 0.717) is 5.02 Å². The molecule has 0 bridgehead atoms. The average molecular weight is 258 g/mol. The fraction of sp³-hybridized carbons (Fsp3) is 0.444. The van der Waals surface area contributed by atoms with E-state index in [-0.39, 0.29) is 12.1 Å². The molecule has 0 aromatic carbocycles. The van der Waals surface area contributed by atoms with Gasteiger partial charge in [-0.15, -0.1) is 5.10 Å². The van der Waals surface area contributed by atoms with Crippen molar-refractivity contribution in [2.75, 3.05) is 0 Å². The summed E-state index contributed by atoms with van der Waals surface area (Å²) in [6.45, 7) is 4.06. The van der Waals surface area contributed by atoms with Crippen LogP contribution in [-0.4, -0.2) is 19.4 Å². The number of nitrogens with zero attached hydrogens (tertiary/aromatic N) is 4. The van der Waals surface area contributed by atoms with Gasteiger partial charge in [-0.1, -0.05) is 16.1 Å². The Hall–Kier alpha value is -0.980. The molecule has 86 valence electrons. The third kappa shape index (κ3) is 1.95. The Morgan fingerprint density at radius 1 is 1.44 bits per heavy atom. The summed E-state index contributed by atoms with van der Waals surface area (Å²) >= 11 is 7.37. The van der Waals surface area contributed by atoms with Crippen LogP contribution in [-0.2, 0) is 0 Å². The van der Waals surface area contributed by atoms with Crippen LogP contribution in [0.15, 0.2) is 12.4 Å². The lowest BCUT2D eigenvalue weighted by Gasteiger charge is -2.15. The highest BCUT2D eigenvalue weighted by Crippen LogP contribution is 2.29. The Bertz CT molecular complexity index is 464. The highest BCUT2D eigenvalue weighted by molar-refractivity contribution is 7.05. The Morgan fingerprint density at radius 2 is 2.19 bits per heavy atom. The molecule has 0 radical (unpaired) electrons. The third-order valence-electron chi connectivity index (χ3n) is 2.26. The maximum absolute atomic E-state index is 6.13. The molecular weight excluding hydrogens is 246 g/mol. The van der Waals surface area contributed by atoms with E-state index in [1.807, 2.05) is 18.5 Å². The van der Waals surface area contributed by atoms with E-state index in [1.165, 1.54) is 11.5 Å². The maximum atomic E-state index is 6.13. The number of aromatic nitrogens is 4. The predicted octanol–water partition coefficient (Wildman–Crippen LogP) is 2.02. The molecule has 0 aliphatic carbocycles. The first-order valence-corrected chi connectivity index (χ1v) is 6.02. The zero-order valence-corrected chi connectivity index (χ0v) is 10.5. The number of hydrogen-bond acceptors (Lipinski definition) is 5. The van der Waals surface area contributed by atoms with Gasteiger partial charge in [-0.25, -0.2) is 0 Å². The lowest BCUT2D eigenvalue weighted by molar-refractivity contribution is 0.500. The van der Waals surface area contributed by atoms with Crippen molar-refractivity contribution in [1.29, 1.82) is 0 Å². The van der Waals surface area contributed by atoms with E-state index in [4.69, 9.17) is 17.3 Å². The zero-order valence-electron chi connectivity index (χ0n) is 8.96. The van der Waals surface area contributed by atoms with Crippen molar-refractivity contribution < 1.29 is 0 Å². The molecule has 2 N–H and O–H groups in total. The second-order valence-electron chi connectivity index (χ2n) is 3.71. The van der Waals surface area contributed by atoms with Crippen LogP contribution < -0.4 is 5.73 Å². The van der Waals surface area contributed by atoms with E-state index in [9.17, 15) is 0 Å². The number of hydrogen-bond donors (Lipinski definition) is 1. The molecule has 16 heavy (non-hydrogen) atoms. The normalized spacial score (nSPS) is 13.3. The number of halogens is 1. The Morgan fingerprint density at radius 3 is 2.75 bits per heavy atom. The smallest absolute Gasteiger partial charge is 0.0864 e. The first-order chi connectivity index (χ1) is 7.61. The van der Waals surface area contributed by atoms with Crippen molar-refractivity contribution in [3.63, 3.8) is 0 Å². The van der Waals surface area contributed by atoms with E-state index >= 15 is 0 Å². The molecule has 0 aliphatic heterocycles. The summed E-state index contributed by atoms with van der Waals surface area (Å²) in [6, 6.07) is -0.105. The van der Waals surface area contributed by atoms with Gasteiger partial charge in [0, 0.05) is 6.04 Å². The minimum Gasteiger partial charge on any atom is -0.318 e. The summed E-state index contributed by atoms with van der Waals surface area (Å²) in [7, 11) is 0. The molecule has 2 rings (SSSR count). The van der Waals surface area contributed by atoms with Crippen LogP contribution in [0.2, 0.25) is 5.02 Å². The summed E-state index contributed by atoms with van der Waals surface area (Å²) in [5.41, 5.74) is 6.94. The largest absolute Gasteiger partial charge is 0.318 e. The van der Waals surface area contributed by atoms with Crippen LogP contribution in [0.25, 0.3) is 0 Å². The molecule has 5 nitrogen and oxygen atoms in total. The van der Waals surface area contributed by atoms with Crippen molar-refractivity contribution in [2.45, 2.75) is 25.9 Å². The molecule has 2 aromatic heterocycles. The highest BCUT2D eigenvalue weighted by atomic mass is 35.5. The molecule has 2 heterocycles. The monoisotopic (exact) mass is 257 g/mol. The molecule has 0 saturated heterocycles. The number of rotatable bonds is 3. The van der Waals surface area contributed by atoms with Crippen LogP contribution in [0.4, 0.5) is 0 Å². The molecule has 0 amide bonds. The maximum Gasteiger partial charge on any atom is 0.0864 e.